The monoisotopic (exact) mass is 221 g/mol. The van der Waals surface area contributed by atoms with E-state index in [0.717, 1.165) is 17.5 Å². The second-order valence-corrected chi connectivity index (χ2v) is 3.67. The van der Waals surface area contributed by atoms with Gasteiger partial charge in [-0.15, -0.1) is 5.10 Å². The average Bonchev–Trinajstić information content (AvgIpc) is 2.81. The predicted octanol–water partition coefficient (Wildman–Crippen LogP) is 1.20. The summed E-state index contributed by atoms with van der Waals surface area (Å²) < 4.78 is 38.6. The third kappa shape index (κ3) is 2.11. The normalized spacial score (nSPS) is 17.1. The Morgan fingerprint density at radius 3 is 2.53 bits per heavy atom. The summed E-state index contributed by atoms with van der Waals surface area (Å²) in [4.78, 5) is 0. The van der Waals surface area contributed by atoms with Gasteiger partial charge in [0.1, 0.15) is 5.69 Å². The van der Waals surface area contributed by atoms with Gasteiger partial charge in [-0.1, -0.05) is 5.21 Å². The minimum absolute atomic E-state index is 0.238. The molecule has 0 saturated heterocycles. The first-order valence-electron chi connectivity index (χ1n) is 4.62. The number of hydrogen-bond donors (Lipinski definition) is 1. The summed E-state index contributed by atoms with van der Waals surface area (Å²) in [6.07, 6.45) is -2.63. The van der Waals surface area contributed by atoms with Gasteiger partial charge in [0.2, 0.25) is 0 Å². The molecular weight excluding hydrogens is 211 g/mol. The molecule has 0 bridgehead atoms. The summed E-state index contributed by atoms with van der Waals surface area (Å²) in [6, 6.07) is 0. The fourth-order valence-electron chi connectivity index (χ4n) is 1.44. The maximum atomic E-state index is 12.6. The van der Waals surface area contributed by atoms with Crippen LogP contribution >= 0.6 is 0 Å². The lowest BCUT2D eigenvalue weighted by Gasteiger charge is -2.09. The van der Waals surface area contributed by atoms with Crippen LogP contribution < -0.4 is 0 Å². The zero-order chi connectivity index (χ0) is 11.1. The molecule has 1 aromatic rings. The first kappa shape index (κ1) is 10.4. The number of rotatable bonds is 3. The Bertz CT molecular complexity index is 357. The Morgan fingerprint density at radius 2 is 2.07 bits per heavy atom. The zero-order valence-corrected chi connectivity index (χ0v) is 7.83. The van der Waals surface area contributed by atoms with Crippen LogP contribution in [0.2, 0.25) is 0 Å². The van der Waals surface area contributed by atoms with Crippen LogP contribution in [-0.2, 0) is 19.3 Å². The first-order valence-corrected chi connectivity index (χ1v) is 4.62. The highest BCUT2D eigenvalue weighted by atomic mass is 19.4. The van der Waals surface area contributed by atoms with E-state index in [1.165, 1.54) is 0 Å². The van der Waals surface area contributed by atoms with Gasteiger partial charge in [0.15, 0.2) is 5.69 Å². The Labute approximate surface area is 83.7 Å². The SMILES string of the molecule is OCc1nnn(CC2CC2)c1C(F)(F)F. The standard InChI is InChI=1S/C8H10F3N3O/c9-8(10,11)7-6(4-15)12-13-14(7)3-5-1-2-5/h5,15H,1-4H2. The van der Waals surface area contributed by atoms with Crippen LogP contribution in [0.25, 0.3) is 0 Å². The molecule has 1 aliphatic rings. The van der Waals surface area contributed by atoms with Crippen LogP contribution in [0, 0.1) is 5.92 Å². The van der Waals surface area contributed by atoms with Gasteiger partial charge in [-0.25, -0.2) is 4.68 Å². The molecule has 7 heteroatoms. The van der Waals surface area contributed by atoms with Crippen LogP contribution in [-0.4, -0.2) is 20.1 Å². The molecule has 1 heterocycles. The molecule has 1 aliphatic carbocycles. The molecule has 4 nitrogen and oxygen atoms in total. The van der Waals surface area contributed by atoms with Crippen LogP contribution in [0.4, 0.5) is 13.2 Å². The van der Waals surface area contributed by atoms with Crippen molar-refractivity contribution in [2.75, 3.05) is 0 Å². The molecule has 0 aromatic carbocycles. The molecule has 0 aliphatic heterocycles. The van der Waals surface area contributed by atoms with Crippen molar-refractivity contribution in [1.29, 1.82) is 0 Å². The molecule has 0 unspecified atom stereocenters. The van der Waals surface area contributed by atoms with E-state index in [0.29, 0.717) is 0 Å². The molecule has 0 radical (unpaired) electrons. The van der Waals surface area contributed by atoms with Crippen molar-refractivity contribution in [2.45, 2.75) is 32.2 Å². The number of aliphatic hydroxyl groups excluding tert-OH is 1. The van der Waals surface area contributed by atoms with Crippen molar-refractivity contribution in [1.82, 2.24) is 15.0 Å². The predicted molar refractivity (Wildman–Crippen MR) is 43.7 cm³/mol. The van der Waals surface area contributed by atoms with E-state index in [2.05, 4.69) is 10.3 Å². The molecule has 0 amide bonds. The largest absolute Gasteiger partial charge is 0.435 e. The Hall–Kier alpha value is -1.11. The number of aromatic nitrogens is 3. The minimum atomic E-state index is -4.50. The Balaban J connectivity index is 2.31. The quantitative estimate of drug-likeness (QED) is 0.834. The van der Waals surface area contributed by atoms with Gasteiger partial charge >= 0.3 is 6.18 Å². The zero-order valence-electron chi connectivity index (χ0n) is 7.83. The molecule has 1 fully saturated rings. The average molecular weight is 221 g/mol. The lowest BCUT2D eigenvalue weighted by Crippen LogP contribution is -2.17. The second-order valence-electron chi connectivity index (χ2n) is 3.67. The summed E-state index contributed by atoms with van der Waals surface area (Å²) in [5, 5.41) is 15.5. The maximum Gasteiger partial charge on any atom is 0.435 e. The number of hydrogen-bond acceptors (Lipinski definition) is 3. The van der Waals surface area contributed by atoms with Crippen molar-refractivity contribution < 1.29 is 18.3 Å². The van der Waals surface area contributed by atoms with Gasteiger partial charge in [-0.05, 0) is 18.8 Å². The molecule has 2 rings (SSSR count). The van der Waals surface area contributed by atoms with E-state index in [1.807, 2.05) is 0 Å². The molecule has 15 heavy (non-hydrogen) atoms. The van der Waals surface area contributed by atoms with Crippen molar-refractivity contribution in [3.05, 3.63) is 11.4 Å². The van der Waals surface area contributed by atoms with Crippen LogP contribution in [0.1, 0.15) is 24.2 Å². The van der Waals surface area contributed by atoms with Crippen molar-refractivity contribution >= 4 is 0 Å². The van der Waals surface area contributed by atoms with E-state index in [1.54, 1.807) is 0 Å². The fraction of sp³-hybridized carbons (Fsp3) is 0.750. The van der Waals surface area contributed by atoms with E-state index in [-0.39, 0.29) is 12.5 Å². The van der Waals surface area contributed by atoms with Gasteiger partial charge in [0.05, 0.1) is 6.61 Å². The Morgan fingerprint density at radius 1 is 1.40 bits per heavy atom. The third-order valence-electron chi connectivity index (χ3n) is 2.35. The second kappa shape index (κ2) is 3.48. The Kier molecular flexibility index (Phi) is 2.41. The van der Waals surface area contributed by atoms with Crippen molar-refractivity contribution in [3.8, 4) is 0 Å². The van der Waals surface area contributed by atoms with E-state index in [4.69, 9.17) is 5.11 Å². The highest BCUT2D eigenvalue weighted by molar-refractivity contribution is 5.13. The van der Waals surface area contributed by atoms with Crippen molar-refractivity contribution in [2.24, 2.45) is 5.92 Å². The molecule has 1 saturated carbocycles. The number of nitrogens with zero attached hydrogens (tertiary/aromatic N) is 3. The summed E-state index contributed by atoms with van der Waals surface area (Å²) in [6.45, 7) is -0.499. The van der Waals surface area contributed by atoms with Crippen molar-refractivity contribution in [3.63, 3.8) is 0 Å². The summed E-state index contributed by atoms with van der Waals surface area (Å²) in [5.41, 5.74) is -1.32. The van der Waals surface area contributed by atoms with Gasteiger partial charge in [-0.2, -0.15) is 13.2 Å². The molecule has 1 N–H and O–H groups in total. The van der Waals surface area contributed by atoms with E-state index in [9.17, 15) is 13.2 Å². The van der Waals surface area contributed by atoms with Gasteiger partial charge < -0.3 is 5.11 Å². The molecule has 1 aromatic heterocycles. The molecule has 84 valence electrons. The number of halogens is 3. The van der Waals surface area contributed by atoms with Crippen LogP contribution in [0.3, 0.4) is 0 Å². The topological polar surface area (TPSA) is 50.9 Å². The number of aliphatic hydroxyl groups is 1. The first-order chi connectivity index (χ1) is 7.02. The smallest absolute Gasteiger partial charge is 0.390 e. The number of alkyl halides is 3. The highest BCUT2D eigenvalue weighted by Crippen LogP contribution is 2.35. The lowest BCUT2D eigenvalue weighted by atomic mass is 10.3. The lowest BCUT2D eigenvalue weighted by molar-refractivity contribution is -0.145. The summed E-state index contributed by atoms with van der Waals surface area (Å²) in [7, 11) is 0. The van der Waals surface area contributed by atoms with Crippen LogP contribution in [0.5, 0.6) is 0 Å². The molecular formula is C8H10F3N3O. The molecule has 0 atom stereocenters. The maximum absolute atomic E-state index is 12.6. The van der Waals surface area contributed by atoms with E-state index >= 15 is 0 Å². The summed E-state index contributed by atoms with van der Waals surface area (Å²) in [5.74, 6) is 0.277. The van der Waals surface area contributed by atoms with Crippen LogP contribution in [0.15, 0.2) is 0 Å². The highest BCUT2D eigenvalue weighted by Gasteiger charge is 2.40. The molecule has 0 spiro atoms. The van der Waals surface area contributed by atoms with Gasteiger partial charge in [0, 0.05) is 6.54 Å². The minimum Gasteiger partial charge on any atom is -0.390 e. The van der Waals surface area contributed by atoms with Gasteiger partial charge in [0.25, 0.3) is 0 Å². The fourth-order valence-corrected chi connectivity index (χ4v) is 1.44. The third-order valence-corrected chi connectivity index (χ3v) is 2.35. The van der Waals surface area contributed by atoms with Gasteiger partial charge in [-0.3, -0.25) is 0 Å². The van der Waals surface area contributed by atoms with E-state index < -0.39 is 24.2 Å². The summed E-state index contributed by atoms with van der Waals surface area (Å²) >= 11 is 0.